The zero-order valence-electron chi connectivity index (χ0n) is 18.1. The summed E-state index contributed by atoms with van der Waals surface area (Å²) in [4.78, 5) is 28.4. The number of hydroxylamine groups is 2. The number of carbonyl (C=O) groups is 2. The Morgan fingerprint density at radius 2 is 1.80 bits per heavy atom. The molecule has 0 saturated carbocycles. The van der Waals surface area contributed by atoms with E-state index in [1.807, 2.05) is 13.8 Å². The molecule has 1 aromatic rings. The lowest BCUT2D eigenvalue weighted by Crippen LogP contribution is -2.59. The molecule has 9 heteroatoms. The van der Waals surface area contributed by atoms with Crippen molar-refractivity contribution in [3.8, 4) is 0 Å². The maximum Gasteiger partial charge on any atom is 0.343 e. The minimum Gasteiger partial charge on any atom is -0.336 e. The van der Waals surface area contributed by atoms with E-state index in [4.69, 9.17) is 0 Å². The molecule has 0 aromatic heterocycles. The maximum absolute atomic E-state index is 14.2. The lowest BCUT2D eigenvalue weighted by Gasteiger charge is -2.38. The third-order valence-electron chi connectivity index (χ3n) is 5.48. The number of urea groups is 2. The Bertz CT molecular complexity index is 740. The number of halogens is 2. The fourth-order valence-corrected chi connectivity index (χ4v) is 3.68. The minimum absolute atomic E-state index is 0.230. The van der Waals surface area contributed by atoms with Crippen molar-refractivity contribution in [2.75, 3.05) is 13.1 Å². The molecule has 2 N–H and O–H groups in total. The van der Waals surface area contributed by atoms with Crippen molar-refractivity contribution >= 4 is 12.1 Å². The van der Waals surface area contributed by atoms with Gasteiger partial charge in [0.2, 0.25) is 0 Å². The molecule has 1 aromatic carbocycles. The molecule has 1 heterocycles. The van der Waals surface area contributed by atoms with Gasteiger partial charge in [-0.3, -0.25) is 10.1 Å². The van der Waals surface area contributed by atoms with Gasteiger partial charge in [-0.1, -0.05) is 32.8 Å². The van der Waals surface area contributed by atoms with Crippen molar-refractivity contribution < 1.29 is 23.6 Å². The molecule has 0 spiro atoms. The van der Waals surface area contributed by atoms with E-state index in [0.717, 1.165) is 31.4 Å². The first kappa shape index (κ1) is 23.9. The molecule has 0 aliphatic carbocycles. The van der Waals surface area contributed by atoms with E-state index in [1.165, 1.54) is 15.9 Å². The molecule has 30 heavy (non-hydrogen) atoms. The molecule has 168 valence electrons. The van der Waals surface area contributed by atoms with Crippen molar-refractivity contribution in [1.29, 1.82) is 0 Å². The van der Waals surface area contributed by atoms with E-state index in [9.17, 15) is 23.6 Å². The Morgan fingerprint density at radius 1 is 1.20 bits per heavy atom. The number of benzene rings is 1. The van der Waals surface area contributed by atoms with Crippen molar-refractivity contribution in [3.05, 3.63) is 35.4 Å². The number of carbonyl (C=O) groups excluding carboxylic acids is 2. The second-order valence-electron chi connectivity index (χ2n) is 8.07. The third-order valence-corrected chi connectivity index (χ3v) is 5.48. The van der Waals surface area contributed by atoms with Gasteiger partial charge in [-0.25, -0.2) is 18.4 Å². The van der Waals surface area contributed by atoms with E-state index in [1.54, 1.807) is 13.8 Å². The molecule has 0 bridgehead atoms. The molecule has 1 aliphatic heterocycles. The minimum atomic E-state index is -1.10. The average molecular weight is 427 g/mol. The summed E-state index contributed by atoms with van der Waals surface area (Å²) in [5.41, 5.74) is -1.33. The Labute approximate surface area is 176 Å². The van der Waals surface area contributed by atoms with Crippen LogP contribution >= 0.6 is 0 Å². The van der Waals surface area contributed by atoms with Crippen molar-refractivity contribution in [3.63, 3.8) is 0 Å². The first-order valence-corrected chi connectivity index (χ1v) is 10.4. The summed E-state index contributed by atoms with van der Waals surface area (Å²) in [5, 5.41) is 13.8. The SMILES string of the molecule is CCCCNC(=O)N(O)C1N(CCCC)C(=O)N(Cc2c(F)cccc2F)C1(C)C. The summed E-state index contributed by atoms with van der Waals surface area (Å²) in [5.74, 6) is -1.50. The quantitative estimate of drug-likeness (QED) is 0.351. The first-order valence-electron chi connectivity index (χ1n) is 10.4. The van der Waals surface area contributed by atoms with Crippen LogP contribution in [0.2, 0.25) is 0 Å². The van der Waals surface area contributed by atoms with E-state index in [0.29, 0.717) is 24.6 Å². The van der Waals surface area contributed by atoms with E-state index in [-0.39, 0.29) is 12.1 Å². The van der Waals surface area contributed by atoms with Crippen LogP contribution in [0.25, 0.3) is 0 Å². The van der Waals surface area contributed by atoms with Crippen LogP contribution in [0.1, 0.15) is 58.9 Å². The molecule has 1 atom stereocenters. The number of hydrogen-bond donors (Lipinski definition) is 2. The second-order valence-corrected chi connectivity index (χ2v) is 8.07. The summed E-state index contributed by atoms with van der Waals surface area (Å²) in [6.07, 6.45) is 2.08. The van der Waals surface area contributed by atoms with Crippen molar-refractivity contribution in [2.24, 2.45) is 0 Å². The van der Waals surface area contributed by atoms with Crippen LogP contribution in [0.5, 0.6) is 0 Å². The number of nitrogens with one attached hydrogen (secondary N) is 1. The fraction of sp³-hybridized carbons (Fsp3) is 0.619. The van der Waals surface area contributed by atoms with Crippen LogP contribution in [0, 0.1) is 11.6 Å². The highest BCUT2D eigenvalue weighted by Gasteiger charge is 2.55. The van der Waals surface area contributed by atoms with Crippen LogP contribution in [0.15, 0.2) is 18.2 Å². The smallest absolute Gasteiger partial charge is 0.336 e. The zero-order valence-corrected chi connectivity index (χ0v) is 18.1. The Hall–Kier alpha value is -2.42. The predicted octanol–water partition coefficient (Wildman–Crippen LogP) is 4.31. The number of rotatable bonds is 9. The first-order chi connectivity index (χ1) is 14.2. The normalized spacial score (nSPS) is 18.1. The molecule has 1 unspecified atom stereocenters. The van der Waals surface area contributed by atoms with Crippen molar-refractivity contribution in [1.82, 2.24) is 20.2 Å². The van der Waals surface area contributed by atoms with Crippen LogP contribution < -0.4 is 5.32 Å². The third kappa shape index (κ3) is 4.83. The standard InChI is InChI=1S/C21H32F2N4O3/c1-5-7-12-24-19(28)27(30)18-21(3,4)26(20(29)25(18)13-8-6-2)14-15-16(22)10-9-11-17(15)23/h9-11,18,30H,5-8,12-14H2,1-4H3,(H,24,28). The van der Waals surface area contributed by atoms with Crippen molar-refractivity contribution in [2.45, 2.75) is 71.6 Å². The lowest BCUT2D eigenvalue weighted by molar-refractivity contribution is -0.133. The van der Waals surface area contributed by atoms with Gasteiger partial charge in [0.1, 0.15) is 11.6 Å². The fourth-order valence-electron chi connectivity index (χ4n) is 3.68. The number of amides is 4. The molecule has 0 radical (unpaired) electrons. The highest BCUT2D eigenvalue weighted by Crippen LogP contribution is 2.36. The van der Waals surface area contributed by atoms with E-state index < -0.39 is 35.4 Å². The number of nitrogens with zero attached hydrogens (tertiary/aromatic N) is 3. The Kier molecular flexibility index (Phi) is 8.00. The topological polar surface area (TPSA) is 76.1 Å². The van der Waals surface area contributed by atoms with Gasteiger partial charge in [0.25, 0.3) is 0 Å². The predicted molar refractivity (Wildman–Crippen MR) is 109 cm³/mol. The average Bonchev–Trinajstić information content (AvgIpc) is 2.87. The largest absolute Gasteiger partial charge is 0.343 e. The Balaban J connectivity index is 2.34. The molecule has 2 rings (SSSR count). The van der Waals surface area contributed by atoms with Gasteiger partial charge in [-0.2, -0.15) is 5.06 Å². The molecular weight excluding hydrogens is 394 g/mol. The summed E-state index contributed by atoms with van der Waals surface area (Å²) >= 11 is 0. The molecular formula is C21H32F2N4O3. The van der Waals surface area contributed by atoms with Gasteiger partial charge >= 0.3 is 12.1 Å². The second kappa shape index (κ2) is 10.1. The van der Waals surface area contributed by atoms with Gasteiger partial charge in [-0.15, -0.1) is 0 Å². The van der Waals surface area contributed by atoms with Gasteiger partial charge in [0.15, 0.2) is 6.17 Å². The van der Waals surface area contributed by atoms with Crippen LogP contribution in [0.4, 0.5) is 18.4 Å². The van der Waals surface area contributed by atoms with Crippen LogP contribution in [-0.4, -0.2) is 56.9 Å². The highest BCUT2D eigenvalue weighted by molar-refractivity contribution is 5.81. The molecule has 1 fully saturated rings. The number of unbranched alkanes of at least 4 members (excludes halogenated alkanes) is 2. The molecule has 1 aliphatic rings. The van der Waals surface area contributed by atoms with Gasteiger partial charge in [-0.05, 0) is 38.8 Å². The highest BCUT2D eigenvalue weighted by atomic mass is 19.1. The van der Waals surface area contributed by atoms with Gasteiger partial charge < -0.3 is 10.2 Å². The van der Waals surface area contributed by atoms with E-state index >= 15 is 0 Å². The van der Waals surface area contributed by atoms with Gasteiger partial charge in [0.05, 0.1) is 12.1 Å². The lowest BCUT2D eigenvalue weighted by atomic mass is 9.99. The summed E-state index contributed by atoms with van der Waals surface area (Å²) < 4.78 is 28.4. The molecule has 1 saturated heterocycles. The van der Waals surface area contributed by atoms with Crippen LogP contribution in [0.3, 0.4) is 0 Å². The Morgan fingerprint density at radius 3 is 2.37 bits per heavy atom. The summed E-state index contributed by atoms with van der Waals surface area (Å²) in [7, 11) is 0. The maximum atomic E-state index is 14.2. The van der Waals surface area contributed by atoms with Gasteiger partial charge in [0, 0.05) is 18.7 Å². The monoisotopic (exact) mass is 426 g/mol. The zero-order chi connectivity index (χ0) is 22.5. The molecule has 7 nitrogen and oxygen atoms in total. The summed E-state index contributed by atoms with van der Waals surface area (Å²) in [6, 6.07) is 2.34. The van der Waals surface area contributed by atoms with Crippen LogP contribution in [-0.2, 0) is 6.54 Å². The molecule has 4 amide bonds. The summed E-state index contributed by atoms with van der Waals surface area (Å²) in [6.45, 7) is 7.67. The number of hydrogen-bond acceptors (Lipinski definition) is 3. The van der Waals surface area contributed by atoms with E-state index in [2.05, 4.69) is 5.32 Å².